The van der Waals surface area contributed by atoms with Crippen LogP contribution in [0.3, 0.4) is 0 Å². The van der Waals surface area contributed by atoms with E-state index < -0.39 is 0 Å². The Bertz CT molecular complexity index is 388. The van der Waals surface area contributed by atoms with Gasteiger partial charge in [0, 0.05) is 6.04 Å². The Morgan fingerprint density at radius 2 is 2.25 bits per heavy atom. The minimum atomic E-state index is 0.576. The summed E-state index contributed by atoms with van der Waals surface area (Å²) in [5.74, 6) is 1.91. The predicted octanol–water partition coefficient (Wildman–Crippen LogP) is 2.68. The third-order valence-electron chi connectivity index (χ3n) is 4.08. The zero-order valence-electron chi connectivity index (χ0n) is 9.83. The molecule has 0 saturated carbocycles. The van der Waals surface area contributed by atoms with Crippen LogP contribution >= 0.6 is 0 Å². The third-order valence-corrected chi connectivity index (χ3v) is 4.08. The van der Waals surface area contributed by atoms with E-state index in [4.69, 9.17) is 4.74 Å². The van der Waals surface area contributed by atoms with Gasteiger partial charge in [0.2, 0.25) is 0 Å². The van der Waals surface area contributed by atoms with Gasteiger partial charge >= 0.3 is 0 Å². The molecule has 0 spiro atoms. The van der Waals surface area contributed by atoms with Crippen LogP contribution in [0.5, 0.6) is 5.75 Å². The van der Waals surface area contributed by atoms with Gasteiger partial charge in [-0.2, -0.15) is 0 Å². The van der Waals surface area contributed by atoms with E-state index in [1.54, 1.807) is 7.11 Å². The lowest BCUT2D eigenvalue weighted by molar-refractivity contribution is 0.252. The quantitative estimate of drug-likeness (QED) is 0.781. The van der Waals surface area contributed by atoms with Crippen molar-refractivity contribution in [1.82, 2.24) is 5.32 Å². The second-order valence-electron chi connectivity index (χ2n) is 4.90. The molecule has 3 rings (SSSR count). The third kappa shape index (κ3) is 1.52. The van der Waals surface area contributed by atoms with E-state index in [0.717, 1.165) is 18.2 Å². The second-order valence-corrected chi connectivity index (χ2v) is 4.90. The van der Waals surface area contributed by atoms with Gasteiger partial charge in [-0.1, -0.05) is 12.1 Å². The summed E-state index contributed by atoms with van der Waals surface area (Å²) in [6.45, 7) is 1.16. The highest BCUT2D eigenvalue weighted by Gasteiger charge is 2.32. The van der Waals surface area contributed by atoms with Crippen molar-refractivity contribution >= 4 is 0 Å². The molecule has 86 valence electrons. The minimum absolute atomic E-state index is 0.576. The highest BCUT2D eigenvalue weighted by molar-refractivity contribution is 5.44. The van der Waals surface area contributed by atoms with Gasteiger partial charge in [0.1, 0.15) is 5.75 Å². The van der Waals surface area contributed by atoms with Crippen molar-refractivity contribution in [3.8, 4) is 5.75 Å². The van der Waals surface area contributed by atoms with Crippen LogP contribution in [0, 0.1) is 5.92 Å². The Hall–Kier alpha value is -1.02. The van der Waals surface area contributed by atoms with Crippen LogP contribution in [0.2, 0.25) is 0 Å². The van der Waals surface area contributed by atoms with Crippen LogP contribution in [0.15, 0.2) is 18.2 Å². The van der Waals surface area contributed by atoms with E-state index in [2.05, 4.69) is 23.5 Å². The van der Waals surface area contributed by atoms with Gasteiger partial charge in [-0.05, 0) is 55.3 Å². The number of nitrogens with one attached hydrogen (secondary N) is 1. The summed E-state index contributed by atoms with van der Waals surface area (Å²) in [5, 5.41) is 3.67. The van der Waals surface area contributed by atoms with Crippen molar-refractivity contribution in [2.75, 3.05) is 13.7 Å². The molecule has 0 bridgehead atoms. The summed E-state index contributed by atoms with van der Waals surface area (Å²) in [6, 6.07) is 7.05. The predicted molar refractivity (Wildman–Crippen MR) is 64.8 cm³/mol. The van der Waals surface area contributed by atoms with Gasteiger partial charge in [0.25, 0.3) is 0 Å². The van der Waals surface area contributed by atoms with Gasteiger partial charge in [-0.15, -0.1) is 0 Å². The van der Waals surface area contributed by atoms with E-state index in [1.165, 1.54) is 36.8 Å². The average molecular weight is 217 g/mol. The molecule has 2 aliphatic rings. The van der Waals surface area contributed by atoms with Crippen LogP contribution in [0.25, 0.3) is 0 Å². The lowest BCUT2D eigenvalue weighted by Gasteiger charge is -2.38. The summed E-state index contributed by atoms with van der Waals surface area (Å²) in [6.07, 6.45) is 5.21. The molecule has 2 unspecified atom stereocenters. The highest BCUT2D eigenvalue weighted by Crippen LogP contribution is 2.41. The zero-order chi connectivity index (χ0) is 11.0. The minimum Gasteiger partial charge on any atom is -0.496 e. The topological polar surface area (TPSA) is 21.3 Å². The Kier molecular flexibility index (Phi) is 2.60. The molecule has 1 saturated heterocycles. The molecule has 1 N–H and O–H groups in total. The number of piperidine rings is 1. The van der Waals surface area contributed by atoms with Gasteiger partial charge in [-0.3, -0.25) is 0 Å². The second kappa shape index (κ2) is 4.10. The number of fused-ring (bicyclic) bond motifs is 3. The maximum absolute atomic E-state index is 5.46. The summed E-state index contributed by atoms with van der Waals surface area (Å²) >= 11 is 0. The lowest BCUT2D eigenvalue weighted by atomic mass is 9.75. The Labute approximate surface area is 97.0 Å². The van der Waals surface area contributed by atoms with Crippen molar-refractivity contribution in [3.63, 3.8) is 0 Å². The number of rotatable bonds is 1. The molecule has 2 nitrogen and oxygen atoms in total. The monoisotopic (exact) mass is 217 g/mol. The standard InChI is InChI=1S/C14H19NO/c1-16-13-6-2-5-12-11(13)8-7-10-4-3-9-15-14(10)12/h2,5-6,10,14-15H,3-4,7-9H2,1H3. The molecule has 2 heteroatoms. The van der Waals surface area contributed by atoms with E-state index in [1.807, 2.05) is 0 Å². The molecule has 1 aliphatic heterocycles. The van der Waals surface area contributed by atoms with Gasteiger partial charge < -0.3 is 10.1 Å². The van der Waals surface area contributed by atoms with Crippen molar-refractivity contribution < 1.29 is 4.74 Å². The molecule has 0 radical (unpaired) electrons. The number of ether oxygens (including phenoxy) is 1. The maximum atomic E-state index is 5.46. The van der Waals surface area contributed by atoms with Gasteiger partial charge in [-0.25, -0.2) is 0 Å². The maximum Gasteiger partial charge on any atom is 0.122 e. The number of methoxy groups -OCH3 is 1. The molecule has 1 aliphatic carbocycles. The highest BCUT2D eigenvalue weighted by atomic mass is 16.5. The fourth-order valence-corrected chi connectivity index (χ4v) is 3.29. The lowest BCUT2D eigenvalue weighted by Crippen LogP contribution is -2.37. The van der Waals surface area contributed by atoms with Gasteiger partial charge in [0.15, 0.2) is 0 Å². The normalized spacial score (nSPS) is 28.1. The number of benzene rings is 1. The zero-order valence-corrected chi connectivity index (χ0v) is 9.83. The van der Waals surface area contributed by atoms with Gasteiger partial charge in [0.05, 0.1) is 7.11 Å². The van der Waals surface area contributed by atoms with Crippen molar-refractivity contribution in [3.05, 3.63) is 29.3 Å². The SMILES string of the molecule is COc1cccc2c1CCC1CCCNC21. The molecule has 16 heavy (non-hydrogen) atoms. The average Bonchev–Trinajstić information content (AvgIpc) is 2.37. The Balaban J connectivity index is 2.01. The largest absolute Gasteiger partial charge is 0.496 e. The first kappa shape index (κ1) is 10.2. The summed E-state index contributed by atoms with van der Waals surface area (Å²) < 4.78 is 5.46. The molecular formula is C14H19NO. The molecule has 0 aromatic heterocycles. The fourth-order valence-electron chi connectivity index (χ4n) is 3.29. The van der Waals surface area contributed by atoms with Crippen LogP contribution in [-0.2, 0) is 6.42 Å². The summed E-state index contributed by atoms with van der Waals surface area (Å²) in [4.78, 5) is 0. The molecule has 1 fully saturated rings. The van der Waals surface area contributed by atoms with Crippen molar-refractivity contribution in [2.45, 2.75) is 31.7 Å². The molecule has 2 atom stereocenters. The van der Waals surface area contributed by atoms with Crippen molar-refractivity contribution in [2.24, 2.45) is 5.92 Å². The summed E-state index contributed by atoms with van der Waals surface area (Å²) in [7, 11) is 1.77. The Morgan fingerprint density at radius 3 is 3.12 bits per heavy atom. The van der Waals surface area contributed by atoms with Crippen LogP contribution < -0.4 is 10.1 Å². The number of hydrogen-bond donors (Lipinski definition) is 1. The molecular weight excluding hydrogens is 198 g/mol. The summed E-state index contributed by atoms with van der Waals surface area (Å²) in [5.41, 5.74) is 2.91. The van der Waals surface area contributed by atoms with E-state index in [-0.39, 0.29) is 0 Å². The smallest absolute Gasteiger partial charge is 0.122 e. The first-order chi connectivity index (χ1) is 7.90. The molecule has 1 aromatic rings. The fraction of sp³-hybridized carbons (Fsp3) is 0.571. The Morgan fingerprint density at radius 1 is 1.31 bits per heavy atom. The number of hydrogen-bond acceptors (Lipinski definition) is 2. The van der Waals surface area contributed by atoms with E-state index in [0.29, 0.717) is 6.04 Å². The van der Waals surface area contributed by atoms with E-state index >= 15 is 0 Å². The first-order valence-electron chi connectivity index (χ1n) is 6.29. The van der Waals surface area contributed by atoms with Crippen LogP contribution in [-0.4, -0.2) is 13.7 Å². The van der Waals surface area contributed by atoms with Crippen LogP contribution in [0.4, 0.5) is 0 Å². The molecule has 1 heterocycles. The first-order valence-corrected chi connectivity index (χ1v) is 6.29. The molecule has 1 aromatic carbocycles. The molecule has 0 amide bonds. The van der Waals surface area contributed by atoms with Crippen molar-refractivity contribution in [1.29, 1.82) is 0 Å². The van der Waals surface area contributed by atoms with E-state index in [9.17, 15) is 0 Å². The van der Waals surface area contributed by atoms with Crippen LogP contribution in [0.1, 0.15) is 36.4 Å².